The third kappa shape index (κ3) is 1.86. The summed E-state index contributed by atoms with van der Waals surface area (Å²) in [6.45, 7) is -0.530. The minimum atomic E-state index is -0.538. The number of phenols is 1. The zero-order chi connectivity index (χ0) is 10.7. The van der Waals surface area contributed by atoms with Crippen LogP contribution in [0.3, 0.4) is 0 Å². The quantitative estimate of drug-likeness (QED) is 0.836. The van der Waals surface area contributed by atoms with Crippen LogP contribution in [0.1, 0.15) is 0 Å². The Hall–Kier alpha value is -1.77. The number of hydrogen-bond acceptors (Lipinski definition) is 2. The van der Waals surface area contributed by atoms with Gasteiger partial charge in [0.15, 0.2) is 0 Å². The van der Waals surface area contributed by atoms with Gasteiger partial charge in [-0.2, -0.15) is 0 Å². The number of ether oxygens (including phenoxy) is 1. The second-order valence-corrected chi connectivity index (χ2v) is 3.17. The van der Waals surface area contributed by atoms with Crippen LogP contribution >= 0.6 is 0 Å². The Bertz CT molecular complexity index is 463. The van der Waals surface area contributed by atoms with Crippen LogP contribution in [-0.4, -0.2) is 18.4 Å². The first kappa shape index (κ1) is 9.77. The molecule has 0 atom stereocenters. The Morgan fingerprint density at radius 3 is 2.60 bits per heavy atom. The van der Waals surface area contributed by atoms with Crippen molar-refractivity contribution in [2.24, 2.45) is 0 Å². The third-order valence-electron chi connectivity index (χ3n) is 2.18. The molecule has 0 unspecified atom stereocenters. The maximum absolute atomic E-state index is 12.0. The average Bonchev–Trinajstić information content (AvgIpc) is 2.26. The molecule has 0 amide bonds. The SMILES string of the molecule is Oc1cccc2cccc(OCCF)c12. The summed E-state index contributed by atoms with van der Waals surface area (Å²) < 4.78 is 17.2. The highest BCUT2D eigenvalue weighted by Crippen LogP contribution is 2.32. The third-order valence-corrected chi connectivity index (χ3v) is 2.18. The molecule has 2 aromatic rings. The van der Waals surface area contributed by atoms with Crippen molar-refractivity contribution >= 4 is 10.8 Å². The Kier molecular flexibility index (Phi) is 2.72. The van der Waals surface area contributed by atoms with Gasteiger partial charge in [0.2, 0.25) is 0 Å². The van der Waals surface area contributed by atoms with Crippen LogP contribution in [0, 0.1) is 0 Å². The molecule has 3 heteroatoms. The summed E-state index contributed by atoms with van der Waals surface area (Å²) >= 11 is 0. The zero-order valence-corrected chi connectivity index (χ0v) is 8.11. The van der Waals surface area contributed by atoms with Gasteiger partial charge in [-0.3, -0.25) is 0 Å². The smallest absolute Gasteiger partial charge is 0.130 e. The lowest BCUT2D eigenvalue weighted by molar-refractivity contribution is 0.275. The lowest BCUT2D eigenvalue weighted by Gasteiger charge is -2.08. The van der Waals surface area contributed by atoms with E-state index in [0.717, 1.165) is 5.39 Å². The van der Waals surface area contributed by atoms with Gasteiger partial charge in [0.05, 0.1) is 5.39 Å². The van der Waals surface area contributed by atoms with E-state index in [1.54, 1.807) is 18.2 Å². The number of aromatic hydroxyl groups is 1. The standard InChI is InChI=1S/C12H11FO2/c13-7-8-15-11-6-2-4-9-3-1-5-10(14)12(9)11/h1-6,14H,7-8H2. The summed E-state index contributed by atoms with van der Waals surface area (Å²) in [6, 6.07) is 10.6. The number of hydrogen-bond donors (Lipinski definition) is 1. The van der Waals surface area contributed by atoms with E-state index in [1.165, 1.54) is 0 Å². The van der Waals surface area contributed by atoms with E-state index in [2.05, 4.69) is 0 Å². The Balaban J connectivity index is 2.53. The largest absolute Gasteiger partial charge is 0.507 e. The Labute approximate surface area is 86.9 Å². The second-order valence-electron chi connectivity index (χ2n) is 3.17. The molecular weight excluding hydrogens is 195 g/mol. The zero-order valence-electron chi connectivity index (χ0n) is 8.11. The molecule has 0 heterocycles. The Morgan fingerprint density at radius 1 is 1.13 bits per heavy atom. The molecule has 0 fully saturated rings. The van der Waals surface area contributed by atoms with Crippen molar-refractivity contribution in [3.05, 3.63) is 36.4 Å². The fourth-order valence-electron chi connectivity index (χ4n) is 1.56. The second kappa shape index (κ2) is 4.17. The molecule has 0 aliphatic carbocycles. The summed E-state index contributed by atoms with van der Waals surface area (Å²) in [7, 11) is 0. The lowest BCUT2D eigenvalue weighted by atomic mass is 10.1. The number of rotatable bonds is 3. The first-order valence-corrected chi connectivity index (χ1v) is 4.72. The molecular formula is C12H11FO2. The van der Waals surface area contributed by atoms with E-state index in [1.807, 2.05) is 18.2 Å². The van der Waals surface area contributed by atoms with E-state index in [0.29, 0.717) is 11.1 Å². The van der Waals surface area contributed by atoms with Crippen LogP contribution < -0.4 is 4.74 Å². The minimum absolute atomic E-state index is 0.00739. The average molecular weight is 206 g/mol. The summed E-state index contributed by atoms with van der Waals surface area (Å²) in [6.07, 6.45) is 0. The molecule has 2 nitrogen and oxygen atoms in total. The first-order chi connectivity index (χ1) is 7.33. The van der Waals surface area contributed by atoms with Crippen molar-refractivity contribution in [3.63, 3.8) is 0 Å². The van der Waals surface area contributed by atoms with Crippen LogP contribution in [-0.2, 0) is 0 Å². The van der Waals surface area contributed by atoms with Crippen LogP contribution in [0.2, 0.25) is 0 Å². The van der Waals surface area contributed by atoms with Crippen molar-refractivity contribution < 1.29 is 14.2 Å². The van der Waals surface area contributed by atoms with E-state index in [-0.39, 0.29) is 12.4 Å². The van der Waals surface area contributed by atoms with E-state index in [4.69, 9.17) is 4.74 Å². The highest BCUT2D eigenvalue weighted by molar-refractivity contribution is 5.93. The number of benzene rings is 2. The molecule has 0 saturated carbocycles. The highest BCUT2D eigenvalue weighted by atomic mass is 19.1. The molecule has 0 saturated heterocycles. The lowest BCUT2D eigenvalue weighted by Crippen LogP contribution is -1.98. The molecule has 0 spiro atoms. The fourth-order valence-corrected chi connectivity index (χ4v) is 1.56. The predicted octanol–water partition coefficient (Wildman–Crippen LogP) is 2.89. The maximum Gasteiger partial charge on any atom is 0.130 e. The monoisotopic (exact) mass is 206 g/mol. The van der Waals surface area contributed by atoms with Gasteiger partial charge in [-0.15, -0.1) is 0 Å². The van der Waals surface area contributed by atoms with Gasteiger partial charge < -0.3 is 9.84 Å². The van der Waals surface area contributed by atoms with Gasteiger partial charge in [-0.25, -0.2) is 4.39 Å². The van der Waals surface area contributed by atoms with Crippen LogP contribution in [0.25, 0.3) is 10.8 Å². The fraction of sp³-hybridized carbons (Fsp3) is 0.167. The molecule has 0 aliphatic rings. The molecule has 0 bridgehead atoms. The molecule has 78 valence electrons. The molecule has 0 aliphatic heterocycles. The minimum Gasteiger partial charge on any atom is -0.507 e. The number of phenolic OH excluding ortho intramolecular Hbond substituents is 1. The molecule has 1 N–H and O–H groups in total. The van der Waals surface area contributed by atoms with Crippen LogP contribution in [0.4, 0.5) is 4.39 Å². The van der Waals surface area contributed by atoms with Crippen molar-refractivity contribution in [2.45, 2.75) is 0 Å². The van der Waals surface area contributed by atoms with Gasteiger partial charge in [0.1, 0.15) is 24.8 Å². The maximum atomic E-state index is 12.0. The number of halogens is 1. The summed E-state index contributed by atoms with van der Waals surface area (Å²) in [5, 5.41) is 11.2. The summed E-state index contributed by atoms with van der Waals surface area (Å²) in [5.41, 5.74) is 0. The summed E-state index contributed by atoms with van der Waals surface area (Å²) in [4.78, 5) is 0. The first-order valence-electron chi connectivity index (χ1n) is 4.72. The van der Waals surface area contributed by atoms with Crippen LogP contribution in [0.15, 0.2) is 36.4 Å². The molecule has 0 radical (unpaired) electrons. The topological polar surface area (TPSA) is 29.5 Å². The highest BCUT2D eigenvalue weighted by Gasteiger charge is 2.05. The summed E-state index contributed by atoms with van der Waals surface area (Å²) in [5.74, 6) is 0.671. The number of alkyl halides is 1. The molecule has 0 aromatic heterocycles. The molecule has 2 aromatic carbocycles. The van der Waals surface area contributed by atoms with Crippen molar-refractivity contribution in [1.29, 1.82) is 0 Å². The van der Waals surface area contributed by atoms with Crippen molar-refractivity contribution in [1.82, 2.24) is 0 Å². The predicted molar refractivity (Wildman–Crippen MR) is 57.1 cm³/mol. The van der Waals surface area contributed by atoms with Gasteiger partial charge in [-0.1, -0.05) is 24.3 Å². The van der Waals surface area contributed by atoms with Gasteiger partial charge in [0.25, 0.3) is 0 Å². The van der Waals surface area contributed by atoms with E-state index in [9.17, 15) is 9.50 Å². The molecule has 2 rings (SSSR count). The van der Waals surface area contributed by atoms with Gasteiger partial charge in [-0.05, 0) is 17.5 Å². The van der Waals surface area contributed by atoms with E-state index >= 15 is 0 Å². The van der Waals surface area contributed by atoms with Crippen molar-refractivity contribution in [3.8, 4) is 11.5 Å². The number of fused-ring (bicyclic) bond motifs is 1. The van der Waals surface area contributed by atoms with Crippen molar-refractivity contribution in [2.75, 3.05) is 13.3 Å². The van der Waals surface area contributed by atoms with Crippen LogP contribution in [0.5, 0.6) is 11.5 Å². The normalized spacial score (nSPS) is 10.5. The van der Waals surface area contributed by atoms with E-state index < -0.39 is 6.67 Å². The van der Waals surface area contributed by atoms with Gasteiger partial charge >= 0.3 is 0 Å². The Morgan fingerprint density at radius 2 is 1.87 bits per heavy atom. The molecule has 15 heavy (non-hydrogen) atoms. The van der Waals surface area contributed by atoms with Gasteiger partial charge in [0, 0.05) is 0 Å².